The average Bonchev–Trinajstić information content (AvgIpc) is 2.23. The van der Waals surface area contributed by atoms with E-state index in [1.54, 1.807) is 0 Å². The zero-order valence-electron chi connectivity index (χ0n) is 8.97. The van der Waals surface area contributed by atoms with Gasteiger partial charge in [0.05, 0.1) is 5.56 Å². The van der Waals surface area contributed by atoms with Crippen molar-refractivity contribution in [3.63, 3.8) is 0 Å². The van der Waals surface area contributed by atoms with Gasteiger partial charge < -0.3 is 10.8 Å². The van der Waals surface area contributed by atoms with Gasteiger partial charge in [0.1, 0.15) is 5.82 Å². The van der Waals surface area contributed by atoms with Crippen LogP contribution >= 0.6 is 0 Å². The summed E-state index contributed by atoms with van der Waals surface area (Å²) in [5.41, 5.74) is 4.65. The molecule has 1 rings (SSSR count). The molecule has 0 saturated carbocycles. The molecule has 1 aromatic rings. The highest BCUT2D eigenvalue weighted by Gasteiger charge is 2.34. The molecule has 0 saturated heterocycles. The molecule has 1 aromatic carbocycles. The van der Waals surface area contributed by atoms with Gasteiger partial charge in [-0.25, -0.2) is 4.39 Å². The third kappa shape index (κ3) is 3.67. The summed E-state index contributed by atoms with van der Waals surface area (Å²) < 4.78 is 50.0. The van der Waals surface area contributed by atoms with Gasteiger partial charge in [-0.2, -0.15) is 13.2 Å². The molecule has 0 amide bonds. The average molecular weight is 251 g/mol. The molecule has 0 aliphatic rings. The van der Waals surface area contributed by atoms with Crippen molar-refractivity contribution < 1.29 is 22.7 Å². The molecule has 2 nitrogen and oxygen atoms in total. The first-order chi connectivity index (χ1) is 7.86. The summed E-state index contributed by atoms with van der Waals surface area (Å²) in [6.45, 7) is -0.0587. The van der Waals surface area contributed by atoms with Crippen molar-refractivity contribution in [1.82, 2.24) is 0 Å². The lowest BCUT2D eigenvalue weighted by molar-refractivity contribution is -0.140. The Hall–Kier alpha value is -1.14. The van der Waals surface area contributed by atoms with E-state index in [-0.39, 0.29) is 6.61 Å². The number of halogens is 4. The summed E-state index contributed by atoms with van der Waals surface area (Å²) >= 11 is 0. The molecule has 3 N–H and O–H groups in total. The first-order valence-electron chi connectivity index (χ1n) is 5.09. The molecular formula is C11H13F4NO. The van der Waals surface area contributed by atoms with Crippen molar-refractivity contribution in [3.8, 4) is 0 Å². The van der Waals surface area contributed by atoms with Gasteiger partial charge in [0, 0.05) is 12.6 Å². The lowest BCUT2D eigenvalue weighted by atomic mass is 10.0. The van der Waals surface area contributed by atoms with E-state index in [4.69, 9.17) is 10.8 Å². The van der Waals surface area contributed by atoms with E-state index in [0.717, 1.165) is 12.1 Å². The van der Waals surface area contributed by atoms with Gasteiger partial charge >= 0.3 is 6.18 Å². The first-order valence-corrected chi connectivity index (χ1v) is 5.09. The van der Waals surface area contributed by atoms with Gasteiger partial charge in [0.15, 0.2) is 0 Å². The fourth-order valence-corrected chi connectivity index (χ4v) is 1.47. The van der Waals surface area contributed by atoms with Crippen LogP contribution in [0.4, 0.5) is 17.6 Å². The van der Waals surface area contributed by atoms with Gasteiger partial charge in [-0.3, -0.25) is 0 Å². The van der Waals surface area contributed by atoms with Crippen LogP contribution in [0.5, 0.6) is 0 Å². The zero-order chi connectivity index (χ0) is 13.1. The largest absolute Gasteiger partial charge is 0.419 e. The Kier molecular flexibility index (Phi) is 4.47. The second-order valence-corrected chi connectivity index (χ2v) is 3.71. The topological polar surface area (TPSA) is 46.2 Å². The predicted octanol–water partition coefficient (Wildman–Crippen LogP) is 2.62. The summed E-state index contributed by atoms with van der Waals surface area (Å²) in [4.78, 5) is 0. The molecule has 0 spiro atoms. The molecule has 0 radical (unpaired) electrons. The second-order valence-electron chi connectivity index (χ2n) is 3.71. The van der Waals surface area contributed by atoms with E-state index in [0.29, 0.717) is 24.5 Å². The summed E-state index contributed by atoms with van der Waals surface area (Å²) in [6.07, 6.45) is -3.89. The van der Waals surface area contributed by atoms with Crippen LogP contribution in [-0.4, -0.2) is 11.7 Å². The number of aliphatic hydroxyl groups is 1. The van der Waals surface area contributed by atoms with Crippen LogP contribution in [0.15, 0.2) is 18.2 Å². The van der Waals surface area contributed by atoms with E-state index in [1.165, 1.54) is 0 Å². The van der Waals surface area contributed by atoms with Crippen LogP contribution in [-0.2, 0) is 6.18 Å². The van der Waals surface area contributed by atoms with Gasteiger partial charge in [0.2, 0.25) is 0 Å². The number of hydrogen-bond acceptors (Lipinski definition) is 2. The first kappa shape index (κ1) is 13.9. The molecule has 17 heavy (non-hydrogen) atoms. The molecular weight excluding hydrogens is 238 g/mol. The zero-order valence-corrected chi connectivity index (χ0v) is 8.97. The number of alkyl halides is 3. The Morgan fingerprint density at radius 1 is 1.29 bits per heavy atom. The minimum absolute atomic E-state index is 0.0587. The standard InChI is InChI=1S/C11H13F4NO/c12-9-6-7(10(16)2-1-5-17)3-4-8(9)11(13,14)15/h3-4,6,10,17H,1-2,5,16H2/t10-/m1/s1. The summed E-state index contributed by atoms with van der Waals surface area (Å²) in [6, 6.07) is 2.07. The SMILES string of the molecule is N[C@H](CCCO)c1ccc(C(F)(F)F)c(F)c1. The number of aliphatic hydroxyl groups excluding tert-OH is 1. The highest BCUT2D eigenvalue weighted by Crippen LogP contribution is 2.32. The van der Waals surface area contributed by atoms with Crippen molar-refractivity contribution in [2.24, 2.45) is 5.73 Å². The Balaban J connectivity index is 2.89. The van der Waals surface area contributed by atoms with Crippen LogP contribution in [0.25, 0.3) is 0 Å². The van der Waals surface area contributed by atoms with E-state index in [1.807, 2.05) is 0 Å². The molecule has 0 unspecified atom stereocenters. The minimum atomic E-state index is -4.70. The molecule has 0 fully saturated rings. The lowest BCUT2D eigenvalue weighted by Gasteiger charge is -2.14. The number of nitrogens with two attached hydrogens (primary N) is 1. The quantitative estimate of drug-likeness (QED) is 0.808. The molecule has 6 heteroatoms. The molecule has 0 aliphatic heterocycles. The number of benzene rings is 1. The fourth-order valence-electron chi connectivity index (χ4n) is 1.47. The van der Waals surface area contributed by atoms with E-state index in [2.05, 4.69) is 0 Å². The Bertz CT molecular complexity index is 378. The third-order valence-corrected chi connectivity index (χ3v) is 2.40. The summed E-state index contributed by atoms with van der Waals surface area (Å²) in [5, 5.41) is 8.59. The molecule has 0 aliphatic carbocycles. The maximum atomic E-state index is 13.2. The Morgan fingerprint density at radius 3 is 2.41 bits per heavy atom. The maximum Gasteiger partial charge on any atom is 0.419 e. The molecule has 1 atom stereocenters. The van der Waals surface area contributed by atoms with Gasteiger partial charge in [0.25, 0.3) is 0 Å². The van der Waals surface area contributed by atoms with E-state index >= 15 is 0 Å². The van der Waals surface area contributed by atoms with Crippen molar-refractivity contribution >= 4 is 0 Å². The van der Waals surface area contributed by atoms with Crippen LogP contribution in [0.3, 0.4) is 0 Å². The summed E-state index contributed by atoms with van der Waals surface area (Å²) in [5.74, 6) is -1.32. The van der Waals surface area contributed by atoms with Crippen molar-refractivity contribution in [2.45, 2.75) is 25.1 Å². The third-order valence-electron chi connectivity index (χ3n) is 2.40. The van der Waals surface area contributed by atoms with Gasteiger partial charge in [-0.15, -0.1) is 0 Å². The molecule has 0 heterocycles. The highest BCUT2D eigenvalue weighted by atomic mass is 19.4. The van der Waals surface area contributed by atoms with Crippen molar-refractivity contribution in [1.29, 1.82) is 0 Å². The number of rotatable bonds is 4. The minimum Gasteiger partial charge on any atom is -0.396 e. The van der Waals surface area contributed by atoms with E-state index < -0.39 is 23.6 Å². The Labute approximate surface area is 96.1 Å². The van der Waals surface area contributed by atoms with Crippen molar-refractivity contribution in [2.75, 3.05) is 6.61 Å². The van der Waals surface area contributed by atoms with E-state index in [9.17, 15) is 17.6 Å². The normalized spacial score (nSPS) is 13.8. The van der Waals surface area contributed by atoms with Crippen molar-refractivity contribution in [3.05, 3.63) is 35.1 Å². The van der Waals surface area contributed by atoms with Crippen LogP contribution in [0.1, 0.15) is 30.0 Å². The van der Waals surface area contributed by atoms with Crippen LogP contribution < -0.4 is 5.73 Å². The molecule has 0 bridgehead atoms. The maximum absolute atomic E-state index is 13.2. The van der Waals surface area contributed by atoms with Gasteiger partial charge in [-0.1, -0.05) is 6.07 Å². The van der Waals surface area contributed by atoms with Crippen LogP contribution in [0, 0.1) is 5.82 Å². The Morgan fingerprint density at radius 2 is 1.94 bits per heavy atom. The predicted molar refractivity (Wildman–Crippen MR) is 54.7 cm³/mol. The van der Waals surface area contributed by atoms with Crippen LogP contribution in [0.2, 0.25) is 0 Å². The number of hydrogen-bond donors (Lipinski definition) is 2. The summed E-state index contributed by atoms with van der Waals surface area (Å²) in [7, 11) is 0. The lowest BCUT2D eigenvalue weighted by Crippen LogP contribution is -2.13. The molecule has 0 aromatic heterocycles. The smallest absolute Gasteiger partial charge is 0.396 e. The second kappa shape index (κ2) is 5.46. The monoisotopic (exact) mass is 251 g/mol. The molecule has 96 valence electrons. The fraction of sp³-hybridized carbons (Fsp3) is 0.455. The highest BCUT2D eigenvalue weighted by molar-refractivity contribution is 5.28. The van der Waals surface area contributed by atoms with Gasteiger partial charge in [-0.05, 0) is 30.5 Å².